The van der Waals surface area contributed by atoms with Crippen molar-refractivity contribution in [1.82, 2.24) is 14.3 Å². The van der Waals surface area contributed by atoms with E-state index >= 15 is 0 Å². The molecule has 1 aliphatic rings. The standard InChI is InChI=1S/C16H23N3/c1-12(2)18-7-4-5-14(11-18)16-17-10-15-9-13(3)6-8-19(15)16/h6,8-10,12,14H,4-5,7,11H2,1-3H3. The van der Waals surface area contributed by atoms with Crippen molar-refractivity contribution in [3.63, 3.8) is 0 Å². The van der Waals surface area contributed by atoms with Gasteiger partial charge in [-0.25, -0.2) is 4.98 Å². The fourth-order valence-corrected chi connectivity index (χ4v) is 3.12. The highest BCUT2D eigenvalue weighted by atomic mass is 15.2. The number of likely N-dealkylation sites (tertiary alicyclic amines) is 1. The number of aryl methyl sites for hydroxylation is 1. The van der Waals surface area contributed by atoms with Gasteiger partial charge in [0.1, 0.15) is 5.82 Å². The zero-order chi connectivity index (χ0) is 13.4. The molecule has 0 N–H and O–H groups in total. The quantitative estimate of drug-likeness (QED) is 0.823. The summed E-state index contributed by atoms with van der Waals surface area (Å²) in [6.45, 7) is 9.08. The lowest BCUT2D eigenvalue weighted by Gasteiger charge is -2.34. The lowest BCUT2D eigenvalue weighted by molar-refractivity contribution is 0.164. The third kappa shape index (κ3) is 2.39. The first kappa shape index (κ1) is 12.7. The third-order valence-corrected chi connectivity index (χ3v) is 4.26. The van der Waals surface area contributed by atoms with Gasteiger partial charge in [0.2, 0.25) is 0 Å². The van der Waals surface area contributed by atoms with Crippen molar-refractivity contribution < 1.29 is 0 Å². The number of hydrogen-bond acceptors (Lipinski definition) is 2. The highest BCUT2D eigenvalue weighted by molar-refractivity contribution is 5.48. The number of aromatic nitrogens is 2. The first-order valence-corrected chi connectivity index (χ1v) is 7.33. The van der Waals surface area contributed by atoms with Crippen LogP contribution in [0.2, 0.25) is 0 Å². The maximum Gasteiger partial charge on any atom is 0.117 e. The van der Waals surface area contributed by atoms with Gasteiger partial charge in [0.15, 0.2) is 0 Å². The van der Waals surface area contributed by atoms with Crippen molar-refractivity contribution in [2.75, 3.05) is 13.1 Å². The summed E-state index contributed by atoms with van der Waals surface area (Å²) in [5, 5.41) is 0. The van der Waals surface area contributed by atoms with Gasteiger partial charge in [0.25, 0.3) is 0 Å². The van der Waals surface area contributed by atoms with Crippen LogP contribution in [0.1, 0.15) is 44.0 Å². The number of imidazole rings is 1. The Bertz CT molecular complexity index is 570. The smallest absolute Gasteiger partial charge is 0.117 e. The van der Waals surface area contributed by atoms with Crippen molar-refractivity contribution in [3.8, 4) is 0 Å². The molecule has 3 heterocycles. The first-order chi connectivity index (χ1) is 9.15. The van der Waals surface area contributed by atoms with Crippen LogP contribution in [-0.2, 0) is 0 Å². The molecule has 1 unspecified atom stereocenters. The van der Waals surface area contributed by atoms with Gasteiger partial charge in [-0.05, 0) is 57.9 Å². The zero-order valence-electron chi connectivity index (χ0n) is 12.1. The molecule has 1 fully saturated rings. The van der Waals surface area contributed by atoms with Crippen molar-refractivity contribution in [2.24, 2.45) is 0 Å². The number of rotatable bonds is 2. The highest BCUT2D eigenvalue weighted by Gasteiger charge is 2.25. The summed E-state index contributed by atoms with van der Waals surface area (Å²) in [5.41, 5.74) is 2.52. The summed E-state index contributed by atoms with van der Waals surface area (Å²) in [6.07, 6.45) is 6.72. The highest BCUT2D eigenvalue weighted by Crippen LogP contribution is 2.27. The van der Waals surface area contributed by atoms with Crippen LogP contribution in [0.4, 0.5) is 0 Å². The van der Waals surface area contributed by atoms with E-state index in [0.717, 1.165) is 6.54 Å². The molecule has 0 aliphatic carbocycles. The first-order valence-electron chi connectivity index (χ1n) is 7.33. The summed E-state index contributed by atoms with van der Waals surface area (Å²) in [6, 6.07) is 5.01. The van der Waals surface area contributed by atoms with Crippen molar-refractivity contribution >= 4 is 5.52 Å². The van der Waals surface area contributed by atoms with Gasteiger partial charge in [-0.3, -0.25) is 0 Å². The zero-order valence-corrected chi connectivity index (χ0v) is 12.1. The van der Waals surface area contributed by atoms with E-state index in [1.165, 1.54) is 36.3 Å². The predicted molar refractivity (Wildman–Crippen MR) is 78.6 cm³/mol. The van der Waals surface area contributed by atoms with Crippen LogP contribution in [0.25, 0.3) is 5.52 Å². The van der Waals surface area contributed by atoms with Gasteiger partial charge in [0.05, 0.1) is 11.7 Å². The van der Waals surface area contributed by atoms with Crippen LogP contribution in [0.15, 0.2) is 24.5 Å². The van der Waals surface area contributed by atoms with Crippen LogP contribution in [0, 0.1) is 6.92 Å². The van der Waals surface area contributed by atoms with Crippen LogP contribution in [0.3, 0.4) is 0 Å². The monoisotopic (exact) mass is 257 g/mol. The number of fused-ring (bicyclic) bond motifs is 1. The van der Waals surface area contributed by atoms with E-state index in [2.05, 4.69) is 48.4 Å². The topological polar surface area (TPSA) is 20.5 Å². The molecule has 0 spiro atoms. The number of hydrogen-bond donors (Lipinski definition) is 0. The molecule has 2 aromatic rings. The Morgan fingerprint density at radius 3 is 3.00 bits per heavy atom. The molecule has 1 aliphatic heterocycles. The van der Waals surface area contributed by atoms with Crippen molar-refractivity contribution in [3.05, 3.63) is 35.9 Å². The number of piperidine rings is 1. The Hall–Kier alpha value is -1.35. The van der Waals surface area contributed by atoms with Crippen LogP contribution < -0.4 is 0 Å². The van der Waals surface area contributed by atoms with E-state index in [4.69, 9.17) is 4.98 Å². The maximum absolute atomic E-state index is 4.69. The molecule has 102 valence electrons. The van der Waals surface area contributed by atoms with Crippen LogP contribution in [0.5, 0.6) is 0 Å². The normalized spacial score (nSPS) is 21.4. The molecular weight excluding hydrogens is 234 g/mol. The second kappa shape index (κ2) is 4.97. The molecule has 1 atom stereocenters. The molecule has 3 rings (SSSR count). The lowest BCUT2D eigenvalue weighted by atomic mass is 9.96. The second-order valence-electron chi connectivity index (χ2n) is 6.04. The lowest BCUT2D eigenvalue weighted by Crippen LogP contribution is -2.39. The molecule has 0 amide bonds. The Morgan fingerprint density at radius 2 is 2.21 bits per heavy atom. The van der Waals surface area contributed by atoms with Gasteiger partial charge in [-0.1, -0.05) is 0 Å². The Labute approximate surface area is 115 Å². The van der Waals surface area contributed by atoms with Gasteiger partial charge in [-0.15, -0.1) is 0 Å². The van der Waals surface area contributed by atoms with E-state index in [-0.39, 0.29) is 0 Å². The van der Waals surface area contributed by atoms with E-state index in [0.29, 0.717) is 12.0 Å². The predicted octanol–water partition coefficient (Wildman–Crippen LogP) is 3.23. The molecule has 3 heteroatoms. The average Bonchev–Trinajstić information content (AvgIpc) is 2.81. The summed E-state index contributed by atoms with van der Waals surface area (Å²) in [7, 11) is 0. The number of pyridine rings is 1. The second-order valence-corrected chi connectivity index (χ2v) is 6.04. The molecule has 2 aromatic heterocycles. The Balaban J connectivity index is 1.91. The van der Waals surface area contributed by atoms with Gasteiger partial charge in [-0.2, -0.15) is 0 Å². The summed E-state index contributed by atoms with van der Waals surface area (Å²) in [4.78, 5) is 7.26. The molecule has 0 aromatic carbocycles. The van der Waals surface area contributed by atoms with E-state index in [9.17, 15) is 0 Å². The largest absolute Gasteiger partial charge is 0.303 e. The fraction of sp³-hybridized carbons (Fsp3) is 0.562. The molecule has 1 saturated heterocycles. The summed E-state index contributed by atoms with van der Waals surface area (Å²) < 4.78 is 2.27. The van der Waals surface area contributed by atoms with Crippen molar-refractivity contribution in [1.29, 1.82) is 0 Å². The minimum absolute atomic E-state index is 0.571. The Kier molecular flexibility index (Phi) is 3.31. The van der Waals surface area contributed by atoms with Gasteiger partial charge < -0.3 is 9.30 Å². The molecule has 0 radical (unpaired) electrons. The van der Waals surface area contributed by atoms with E-state index in [1.54, 1.807) is 0 Å². The van der Waals surface area contributed by atoms with Crippen LogP contribution >= 0.6 is 0 Å². The average molecular weight is 257 g/mol. The van der Waals surface area contributed by atoms with E-state index in [1.807, 2.05) is 6.20 Å². The minimum atomic E-state index is 0.571. The molecule has 3 nitrogen and oxygen atoms in total. The fourth-order valence-electron chi connectivity index (χ4n) is 3.12. The Morgan fingerprint density at radius 1 is 1.37 bits per heavy atom. The third-order valence-electron chi connectivity index (χ3n) is 4.26. The maximum atomic E-state index is 4.69. The summed E-state index contributed by atoms with van der Waals surface area (Å²) in [5.74, 6) is 1.81. The van der Waals surface area contributed by atoms with Crippen LogP contribution in [-0.4, -0.2) is 33.4 Å². The van der Waals surface area contributed by atoms with E-state index < -0.39 is 0 Å². The molecular formula is C16H23N3. The number of nitrogens with zero attached hydrogens (tertiary/aromatic N) is 3. The summed E-state index contributed by atoms with van der Waals surface area (Å²) >= 11 is 0. The minimum Gasteiger partial charge on any atom is -0.303 e. The van der Waals surface area contributed by atoms with Crippen molar-refractivity contribution in [2.45, 2.75) is 45.6 Å². The molecule has 19 heavy (non-hydrogen) atoms. The SMILES string of the molecule is Cc1ccn2c(C3CCCN(C(C)C)C3)ncc2c1. The van der Waals surface area contributed by atoms with Gasteiger partial charge in [0, 0.05) is 24.7 Å². The molecule has 0 saturated carbocycles. The van der Waals surface area contributed by atoms with Gasteiger partial charge >= 0.3 is 0 Å². The molecule has 0 bridgehead atoms.